The predicted octanol–water partition coefficient (Wildman–Crippen LogP) is 0.991. The maximum Gasteiger partial charge on any atom is 0.305 e. The molecule has 2 atom stereocenters. The molecule has 0 radical (unpaired) electrons. The van der Waals surface area contributed by atoms with Crippen molar-refractivity contribution in [2.75, 3.05) is 6.54 Å². The summed E-state index contributed by atoms with van der Waals surface area (Å²) < 4.78 is 0. The number of ketones is 1. The summed E-state index contributed by atoms with van der Waals surface area (Å²) in [6.07, 6.45) is -0.943. The van der Waals surface area contributed by atoms with Crippen LogP contribution in [0.5, 0.6) is 0 Å². The number of rotatable bonds is 7. The SMILES string of the molecule is Cc1ccc(C(=O)C(CC(=O)O)NCC(C)O)cc1. The van der Waals surface area contributed by atoms with Crippen LogP contribution in [0.15, 0.2) is 24.3 Å². The Morgan fingerprint density at radius 1 is 1.26 bits per heavy atom. The van der Waals surface area contributed by atoms with Gasteiger partial charge in [0.25, 0.3) is 0 Å². The van der Waals surface area contributed by atoms with Gasteiger partial charge in [0.05, 0.1) is 18.6 Å². The van der Waals surface area contributed by atoms with Crippen LogP contribution in [0.25, 0.3) is 0 Å². The summed E-state index contributed by atoms with van der Waals surface area (Å²) in [5.74, 6) is -1.33. The second-order valence-electron chi connectivity index (χ2n) is 4.64. The number of aliphatic hydroxyl groups excluding tert-OH is 1. The second kappa shape index (κ2) is 7.01. The van der Waals surface area contributed by atoms with Crippen LogP contribution in [0, 0.1) is 6.92 Å². The molecule has 104 valence electrons. The van der Waals surface area contributed by atoms with Crippen LogP contribution in [0.2, 0.25) is 0 Å². The smallest absolute Gasteiger partial charge is 0.305 e. The van der Waals surface area contributed by atoms with Gasteiger partial charge < -0.3 is 15.5 Å². The van der Waals surface area contributed by atoms with E-state index in [1.54, 1.807) is 31.2 Å². The Morgan fingerprint density at radius 3 is 2.32 bits per heavy atom. The molecule has 0 heterocycles. The molecule has 0 bridgehead atoms. The van der Waals surface area contributed by atoms with E-state index in [1.807, 2.05) is 6.92 Å². The standard InChI is InChI=1S/C14H19NO4/c1-9-3-5-11(6-4-9)14(19)12(7-13(17)18)15-8-10(2)16/h3-6,10,12,15-16H,7-8H2,1-2H3,(H,17,18). The average Bonchev–Trinajstić information content (AvgIpc) is 2.34. The summed E-state index contributed by atoms with van der Waals surface area (Å²) in [6.45, 7) is 3.66. The molecule has 2 unspecified atom stereocenters. The van der Waals surface area contributed by atoms with E-state index in [9.17, 15) is 14.7 Å². The lowest BCUT2D eigenvalue weighted by Gasteiger charge is -2.17. The molecule has 0 aliphatic heterocycles. The lowest BCUT2D eigenvalue weighted by atomic mass is 10.0. The van der Waals surface area contributed by atoms with Gasteiger partial charge in [-0.3, -0.25) is 9.59 Å². The molecule has 5 nitrogen and oxygen atoms in total. The molecule has 0 amide bonds. The minimum Gasteiger partial charge on any atom is -0.481 e. The molecule has 1 aromatic carbocycles. The van der Waals surface area contributed by atoms with Gasteiger partial charge in [0.2, 0.25) is 0 Å². The van der Waals surface area contributed by atoms with Crippen molar-refractivity contribution in [1.82, 2.24) is 5.32 Å². The quantitative estimate of drug-likeness (QED) is 0.640. The van der Waals surface area contributed by atoms with E-state index in [1.165, 1.54) is 0 Å². The lowest BCUT2D eigenvalue weighted by Crippen LogP contribution is -2.41. The number of hydrogen-bond acceptors (Lipinski definition) is 4. The number of nitrogens with one attached hydrogen (secondary N) is 1. The fourth-order valence-electron chi connectivity index (χ4n) is 1.66. The monoisotopic (exact) mass is 265 g/mol. The molecule has 0 saturated carbocycles. The van der Waals surface area contributed by atoms with Crippen LogP contribution >= 0.6 is 0 Å². The highest BCUT2D eigenvalue weighted by atomic mass is 16.4. The minimum absolute atomic E-state index is 0.176. The molecule has 1 aromatic rings. The molecule has 19 heavy (non-hydrogen) atoms. The molecular formula is C14H19NO4. The predicted molar refractivity (Wildman–Crippen MR) is 71.2 cm³/mol. The van der Waals surface area contributed by atoms with E-state index in [-0.39, 0.29) is 18.7 Å². The minimum atomic E-state index is -1.05. The third-order valence-corrected chi connectivity index (χ3v) is 2.69. The topological polar surface area (TPSA) is 86.6 Å². The number of carbonyl (C=O) groups is 2. The van der Waals surface area contributed by atoms with E-state index >= 15 is 0 Å². The van der Waals surface area contributed by atoms with Crippen molar-refractivity contribution in [2.24, 2.45) is 0 Å². The maximum absolute atomic E-state index is 12.2. The average molecular weight is 265 g/mol. The molecule has 5 heteroatoms. The highest BCUT2D eigenvalue weighted by Crippen LogP contribution is 2.08. The van der Waals surface area contributed by atoms with E-state index in [4.69, 9.17) is 5.11 Å². The first-order chi connectivity index (χ1) is 8.90. The van der Waals surface area contributed by atoms with Crippen LogP contribution in [0.1, 0.15) is 29.3 Å². The Bertz CT molecular complexity index is 439. The summed E-state index contributed by atoms with van der Waals surface area (Å²) in [5, 5.41) is 20.8. The Hall–Kier alpha value is -1.72. The third kappa shape index (κ3) is 5.19. The van der Waals surface area contributed by atoms with Crippen molar-refractivity contribution in [3.05, 3.63) is 35.4 Å². The maximum atomic E-state index is 12.2. The first-order valence-electron chi connectivity index (χ1n) is 6.14. The molecule has 0 fully saturated rings. The van der Waals surface area contributed by atoms with Gasteiger partial charge in [-0.1, -0.05) is 29.8 Å². The first kappa shape index (κ1) is 15.3. The van der Waals surface area contributed by atoms with Gasteiger partial charge in [0.1, 0.15) is 0 Å². The van der Waals surface area contributed by atoms with Gasteiger partial charge in [-0.25, -0.2) is 0 Å². The van der Waals surface area contributed by atoms with Crippen molar-refractivity contribution in [3.63, 3.8) is 0 Å². The highest BCUT2D eigenvalue weighted by Gasteiger charge is 2.22. The van der Waals surface area contributed by atoms with Crippen molar-refractivity contribution in [3.8, 4) is 0 Å². The van der Waals surface area contributed by atoms with Gasteiger partial charge in [-0.2, -0.15) is 0 Å². The van der Waals surface area contributed by atoms with Crippen LogP contribution in [-0.2, 0) is 4.79 Å². The second-order valence-corrected chi connectivity index (χ2v) is 4.64. The number of carboxylic acids is 1. The number of Topliss-reactive ketones (excluding diaryl/α,β-unsaturated/α-hetero) is 1. The Balaban J connectivity index is 2.80. The summed E-state index contributed by atoms with van der Waals surface area (Å²) in [6, 6.07) is 6.14. The first-order valence-corrected chi connectivity index (χ1v) is 6.14. The summed E-state index contributed by atoms with van der Waals surface area (Å²) in [4.78, 5) is 23.0. The Kier molecular flexibility index (Phi) is 5.66. The molecule has 3 N–H and O–H groups in total. The molecule has 0 aliphatic rings. The van der Waals surface area contributed by atoms with Crippen molar-refractivity contribution in [1.29, 1.82) is 0 Å². The molecule has 0 aromatic heterocycles. The summed E-state index contributed by atoms with van der Waals surface area (Å²) in [7, 11) is 0. The van der Waals surface area contributed by atoms with E-state index < -0.39 is 18.1 Å². The fourth-order valence-corrected chi connectivity index (χ4v) is 1.66. The molecule has 0 spiro atoms. The van der Waals surface area contributed by atoms with Gasteiger partial charge in [-0.15, -0.1) is 0 Å². The summed E-state index contributed by atoms with van der Waals surface area (Å²) >= 11 is 0. The van der Waals surface area contributed by atoms with E-state index in [0.29, 0.717) is 5.56 Å². The van der Waals surface area contributed by atoms with Crippen LogP contribution in [0.4, 0.5) is 0 Å². The number of aryl methyl sites for hydroxylation is 1. The lowest BCUT2D eigenvalue weighted by molar-refractivity contribution is -0.137. The van der Waals surface area contributed by atoms with Gasteiger partial charge in [-0.05, 0) is 13.8 Å². The zero-order chi connectivity index (χ0) is 14.4. The number of benzene rings is 1. The van der Waals surface area contributed by atoms with E-state index in [0.717, 1.165) is 5.56 Å². The number of aliphatic hydroxyl groups is 1. The van der Waals surface area contributed by atoms with Crippen molar-refractivity contribution in [2.45, 2.75) is 32.4 Å². The normalized spacial score (nSPS) is 13.8. The Morgan fingerprint density at radius 2 is 1.84 bits per heavy atom. The third-order valence-electron chi connectivity index (χ3n) is 2.69. The largest absolute Gasteiger partial charge is 0.481 e. The number of carbonyl (C=O) groups excluding carboxylic acids is 1. The molecular weight excluding hydrogens is 246 g/mol. The zero-order valence-corrected chi connectivity index (χ0v) is 11.1. The zero-order valence-electron chi connectivity index (χ0n) is 11.1. The Labute approximate surface area is 112 Å². The van der Waals surface area contributed by atoms with Crippen LogP contribution < -0.4 is 5.32 Å². The molecule has 0 aliphatic carbocycles. The number of hydrogen-bond donors (Lipinski definition) is 3. The summed E-state index contributed by atoms with van der Waals surface area (Å²) in [5.41, 5.74) is 1.50. The molecule has 1 rings (SSSR count). The van der Waals surface area contributed by atoms with Crippen molar-refractivity contribution < 1.29 is 19.8 Å². The van der Waals surface area contributed by atoms with E-state index in [2.05, 4.69) is 5.32 Å². The number of carboxylic acid groups (broad SMARTS) is 1. The van der Waals surface area contributed by atoms with Gasteiger partial charge in [0.15, 0.2) is 5.78 Å². The van der Waals surface area contributed by atoms with Crippen molar-refractivity contribution >= 4 is 11.8 Å². The van der Waals surface area contributed by atoms with Crippen LogP contribution in [0.3, 0.4) is 0 Å². The van der Waals surface area contributed by atoms with Gasteiger partial charge in [0, 0.05) is 12.1 Å². The highest BCUT2D eigenvalue weighted by molar-refractivity contribution is 6.01. The molecule has 0 saturated heterocycles. The van der Waals surface area contributed by atoms with Crippen LogP contribution in [-0.4, -0.2) is 40.7 Å². The number of aliphatic carboxylic acids is 1. The fraction of sp³-hybridized carbons (Fsp3) is 0.429. The van der Waals surface area contributed by atoms with Gasteiger partial charge >= 0.3 is 5.97 Å².